The van der Waals surface area contributed by atoms with Gasteiger partial charge in [0, 0.05) is 38.0 Å². The molecular formula is C13H24N4O. The molecule has 18 heavy (non-hydrogen) atoms. The quantitative estimate of drug-likeness (QED) is 0.843. The van der Waals surface area contributed by atoms with Gasteiger partial charge in [-0.05, 0) is 26.8 Å². The fraction of sp³-hybridized carbons (Fsp3) is 0.769. The fourth-order valence-corrected chi connectivity index (χ4v) is 2.62. The maximum Gasteiger partial charge on any atom is 0.0702 e. The van der Waals surface area contributed by atoms with Crippen molar-refractivity contribution in [2.75, 3.05) is 26.7 Å². The molecule has 0 spiro atoms. The summed E-state index contributed by atoms with van der Waals surface area (Å²) in [6, 6.07) is 0.225. The highest BCUT2D eigenvalue weighted by molar-refractivity contribution is 5.21. The highest BCUT2D eigenvalue weighted by Crippen LogP contribution is 2.23. The Hall–Kier alpha value is -0.910. The van der Waals surface area contributed by atoms with Crippen molar-refractivity contribution >= 4 is 0 Å². The van der Waals surface area contributed by atoms with E-state index in [1.165, 1.54) is 17.7 Å². The zero-order valence-corrected chi connectivity index (χ0v) is 11.6. The highest BCUT2D eigenvalue weighted by atomic mass is 16.5. The highest BCUT2D eigenvalue weighted by Gasteiger charge is 2.24. The first-order valence-electron chi connectivity index (χ1n) is 6.64. The summed E-state index contributed by atoms with van der Waals surface area (Å²) in [4.78, 5) is 2.29. The van der Waals surface area contributed by atoms with Gasteiger partial charge in [-0.15, -0.1) is 0 Å². The molecule has 1 fully saturated rings. The van der Waals surface area contributed by atoms with Gasteiger partial charge in [0.15, 0.2) is 0 Å². The van der Waals surface area contributed by atoms with Crippen LogP contribution in [-0.4, -0.2) is 47.5 Å². The summed E-state index contributed by atoms with van der Waals surface area (Å²) in [5.74, 6) is 0. The monoisotopic (exact) mass is 252 g/mol. The largest absolute Gasteiger partial charge is 0.377 e. The lowest BCUT2D eigenvalue weighted by Crippen LogP contribution is -2.36. The van der Waals surface area contributed by atoms with Crippen molar-refractivity contribution in [1.29, 1.82) is 0 Å². The van der Waals surface area contributed by atoms with Crippen molar-refractivity contribution in [2.24, 2.45) is 12.8 Å². The zero-order valence-electron chi connectivity index (χ0n) is 11.6. The number of hydrogen-bond acceptors (Lipinski definition) is 4. The summed E-state index contributed by atoms with van der Waals surface area (Å²) in [6.45, 7) is 4.54. The number of rotatable bonds is 5. The minimum atomic E-state index is 0.225. The number of hydrogen-bond donors (Lipinski definition) is 1. The van der Waals surface area contributed by atoms with Crippen LogP contribution in [0.4, 0.5) is 0 Å². The van der Waals surface area contributed by atoms with E-state index < -0.39 is 0 Å². The van der Waals surface area contributed by atoms with E-state index in [9.17, 15) is 0 Å². The number of aryl methyl sites for hydroxylation is 1. The first-order chi connectivity index (χ1) is 8.63. The third-order valence-electron chi connectivity index (χ3n) is 3.90. The van der Waals surface area contributed by atoms with E-state index in [2.05, 4.69) is 24.0 Å². The van der Waals surface area contributed by atoms with Crippen LogP contribution in [0.3, 0.4) is 0 Å². The summed E-state index contributed by atoms with van der Waals surface area (Å²) in [6.07, 6.45) is 4.63. The molecule has 1 aliphatic rings. The van der Waals surface area contributed by atoms with Crippen LogP contribution in [0.5, 0.6) is 0 Å². The van der Waals surface area contributed by atoms with Gasteiger partial charge in [0.05, 0.1) is 18.3 Å². The molecule has 0 radical (unpaired) electrons. The Bertz CT molecular complexity index is 384. The Morgan fingerprint density at radius 1 is 1.67 bits per heavy atom. The van der Waals surface area contributed by atoms with Gasteiger partial charge in [0.1, 0.15) is 0 Å². The molecule has 2 N–H and O–H groups in total. The van der Waals surface area contributed by atoms with Crippen LogP contribution in [0, 0.1) is 6.92 Å². The normalized spacial score (nSPS) is 21.7. The van der Waals surface area contributed by atoms with Crippen LogP contribution in [-0.2, 0) is 11.8 Å². The van der Waals surface area contributed by atoms with E-state index in [0.29, 0.717) is 12.6 Å². The second-order valence-electron chi connectivity index (χ2n) is 5.14. The van der Waals surface area contributed by atoms with E-state index in [1.54, 1.807) is 0 Å². The van der Waals surface area contributed by atoms with E-state index in [4.69, 9.17) is 10.5 Å². The average Bonchev–Trinajstić information content (AvgIpc) is 2.95. The van der Waals surface area contributed by atoms with Crippen LogP contribution in [0.1, 0.15) is 30.1 Å². The summed E-state index contributed by atoms with van der Waals surface area (Å²) in [5, 5.41) is 4.30. The molecule has 0 bridgehead atoms. The molecular weight excluding hydrogens is 228 g/mol. The molecule has 2 atom stereocenters. The predicted octanol–water partition coefficient (Wildman–Crippen LogP) is 0.839. The summed E-state index contributed by atoms with van der Waals surface area (Å²) in [5.41, 5.74) is 8.35. The van der Waals surface area contributed by atoms with Crippen molar-refractivity contribution in [2.45, 2.75) is 31.9 Å². The molecule has 0 aliphatic carbocycles. The van der Waals surface area contributed by atoms with Gasteiger partial charge in [0.25, 0.3) is 0 Å². The van der Waals surface area contributed by atoms with Gasteiger partial charge < -0.3 is 10.5 Å². The maximum atomic E-state index is 5.94. The molecule has 0 amide bonds. The second-order valence-corrected chi connectivity index (χ2v) is 5.14. The Kier molecular flexibility index (Phi) is 4.37. The first-order valence-corrected chi connectivity index (χ1v) is 6.64. The molecule has 2 unspecified atom stereocenters. The van der Waals surface area contributed by atoms with E-state index >= 15 is 0 Å². The molecule has 0 aromatic carbocycles. The van der Waals surface area contributed by atoms with Gasteiger partial charge in [-0.3, -0.25) is 9.58 Å². The number of nitrogens with zero attached hydrogens (tertiary/aromatic N) is 3. The molecule has 1 saturated heterocycles. The summed E-state index contributed by atoms with van der Waals surface area (Å²) < 4.78 is 7.59. The summed E-state index contributed by atoms with van der Waals surface area (Å²) in [7, 11) is 4.08. The number of aromatic nitrogens is 2. The van der Waals surface area contributed by atoms with Crippen molar-refractivity contribution in [3.8, 4) is 0 Å². The maximum absolute atomic E-state index is 5.94. The zero-order chi connectivity index (χ0) is 13.1. The van der Waals surface area contributed by atoms with Crippen molar-refractivity contribution in [1.82, 2.24) is 14.7 Å². The number of ether oxygens (including phenoxy) is 1. The predicted molar refractivity (Wildman–Crippen MR) is 71.3 cm³/mol. The molecule has 102 valence electrons. The molecule has 2 rings (SSSR count). The van der Waals surface area contributed by atoms with Crippen molar-refractivity contribution in [3.05, 3.63) is 17.5 Å². The molecule has 5 nitrogen and oxygen atoms in total. The van der Waals surface area contributed by atoms with Crippen molar-refractivity contribution < 1.29 is 4.74 Å². The van der Waals surface area contributed by atoms with Crippen LogP contribution >= 0.6 is 0 Å². The lowest BCUT2D eigenvalue weighted by molar-refractivity contribution is 0.0688. The van der Waals surface area contributed by atoms with Crippen molar-refractivity contribution in [3.63, 3.8) is 0 Å². The standard InChI is InChI=1S/C13H24N4O/c1-10-12(8-15-17(10)3)13(7-14)16(2)9-11-5-4-6-18-11/h8,11,13H,4-7,9,14H2,1-3H3. The van der Waals surface area contributed by atoms with Gasteiger partial charge in [0.2, 0.25) is 0 Å². The SMILES string of the molecule is Cc1c(C(CN)N(C)CC2CCCO2)cnn1C. The van der Waals surface area contributed by atoms with Crippen LogP contribution in [0.25, 0.3) is 0 Å². The van der Waals surface area contributed by atoms with Crippen LogP contribution in [0.15, 0.2) is 6.20 Å². The average molecular weight is 252 g/mol. The Labute approximate surface area is 109 Å². The van der Waals surface area contributed by atoms with Gasteiger partial charge in [-0.25, -0.2) is 0 Å². The lowest BCUT2D eigenvalue weighted by atomic mass is 10.1. The molecule has 1 aliphatic heterocycles. The third-order valence-corrected chi connectivity index (χ3v) is 3.90. The molecule has 0 saturated carbocycles. The van der Waals surface area contributed by atoms with Gasteiger partial charge in [-0.2, -0.15) is 5.10 Å². The number of likely N-dealkylation sites (N-methyl/N-ethyl adjacent to an activating group) is 1. The van der Waals surface area contributed by atoms with Gasteiger partial charge in [-0.1, -0.05) is 0 Å². The Morgan fingerprint density at radius 3 is 2.94 bits per heavy atom. The topological polar surface area (TPSA) is 56.3 Å². The second kappa shape index (κ2) is 5.82. The lowest BCUT2D eigenvalue weighted by Gasteiger charge is -2.29. The Balaban J connectivity index is 2.05. The van der Waals surface area contributed by atoms with E-state index in [0.717, 1.165) is 19.6 Å². The smallest absolute Gasteiger partial charge is 0.0702 e. The Morgan fingerprint density at radius 2 is 2.44 bits per heavy atom. The molecule has 1 aromatic heterocycles. The van der Waals surface area contributed by atoms with Crippen LogP contribution < -0.4 is 5.73 Å². The fourth-order valence-electron chi connectivity index (χ4n) is 2.62. The molecule has 5 heteroatoms. The number of nitrogens with two attached hydrogens (primary N) is 1. The molecule has 1 aromatic rings. The van der Waals surface area contributed by atoms with E-state index in [1.807, 2.05) is 17.9 Å². The summed E-state index contributed by atoms with van der Waals surface area (Å²) >= 11 is 0. The third kappa shape index (κ3) is 2.74. The van der Waals surface area contributed by atoms with Crippen LogP contribution in [0.2, 0.25) is 0 Å². The molecule has 2 heterocycles. The first kappa shape index (κ1) is 13.5. The minimum Gasteiger partial charge on any atom is -0.377 e. The van der Waals surface area contributed by atoms with Gasteiger partial charge >= 0.3 is 0 Å². The van der Waals surface area contributed by atoms with E-state index in [-0.39, 0.29) is 6.04 Å². The minimum absolute atomic E-state index is 0.225.